The molecule has 0 radical (unpaired) electrons. The first-order valence-corrected chi connectivity index (χ1v) is 7.66. The highest BCUT2D eigenvalue weighted by atomic mass is 19.4. The van der Waals surface area contributed by atoms with E-state index in [1.165, 1.54) is 16.7 Å². The van der Waals surface area contributed by atoms with Gasteiger partial charge in [0.05, 0.1) is 11.1 Å². The van der Waals surface area contributed by atoms with Gasteiger partial charge in [0, 0.05) is 6.54 Å². The van der Waals surface area contributed by atoms with E-state index in [1.54, 1.807) is 0 Å². The number of primary amides is 1. The van der Waals surface area contributed by atoms with Crippen LogP contribution in [0.15, 0.2) is 29.1 Å². The maximum absolute atomic E-state index is 13.0. The van der Waals surface area contributed by atoms with Crippen molar-refractivity contribution in [2.45, 2.75) is 39.4 Å². The first-order chi connectivity index (χ1) is 11.1. The summed E-state index contributed by atoms with van der Waals surface area (Å²) in [5.74, 6) is -0.489. The lowest BCUT2D eigenvalue weighted by Crippen LogP contribution is -2.30. The van der Waals surface area contributed by atoms with E-state index in [2.05, 4.69) is 0 Å². The van der Waals surface area contributed by atoms with Crippen LogP contribution in [0.2, 0.25) is 0 Å². The van der Waals surface area contributed by atoms with E-state index in [1.807, 2.05) is 13.8 Å². The molecule has 0 unspecified atom stereocenters. The molecule has 1 aromatic carbocycles. The Bertz CT molecular complexity index is 823. The molecule has 24 heavy (non-hydrogen) atoms. The summed E-state index contributed by atoms with van der Waals surface area (Å²) in [5.41, 5.74) is 3.67. The number of carbonyl (C=O) groups excluding carboxylic acids is 1. The molecule has 0 saturated heterocycles. The summed E-state index contributed by atoms with van der Waals surface area (Å²) in [7, 11) is 0. The fourth-order valence-corrected chi connectivity index (χ4v) is 2.60. The van der Waals surface area contributed by atoms with Crippen molar-refractivity contribution < 1.29 is 18.0 Å². The first-order valence-electron chi connectivity index (χ1n) is 7.66. The number of alkyl halides is 3. The van der Waals surface area contributed by atoms with Crippen molar-refractivity contribution in [3.05, 3.63) is 45.7 Å². The Morgan fingerprint density at radius 2 is 1.92 bits per heavy atom. The number of hydrogen-bond acceptors (Lipinski definition) is 2. The highest BCUT2D eigenvalue weighted by Gasteiger charge is 2.31. The normalized spacial score (nSPS) is 12.1. The lowest BCUT2D eigenvalue weighted by atomic mass is 10.1. The fraction of sp³-hybridized carbons (Fsp3) is 0.412. The number of nitrogens with two attached hydrogens (primary N) is 1. The fourth-order valence-electron chi connectivity index (χ4n) is 2.60. The zero-order chi connectivity index (χ0) is 18.1. The molecule has 2 N–H and O–H groups in total. The minimum absolute atomic E-state index is 0.156. The van der Waals surface area contributed by atoms with E-state index >= 15 is 0 Å². The van der Waals surface area contributed by atoms with Crippen molar-refractivity contribution in [2.75, 3.05) is 0 Å². The summed E-state index contributed by atoms with van der Waals surface area (Å²) in [5, 5.41) is 0.376. The van der Waals surface area contributed by atoms with Gasteiger partial charge in [0.15, 0.2) is 0 Å². The minimum Gasteiger partial charge on any atom is -0.365 e. The molecular formula is C17H19F3N2O2. The van der Waals surface area contributed by atoms with Gasteiger partial charge in [-0.1, -0.05) is 19.9 Å². The molecule has 0 bridgehead atoms. The Morgan fingerprint density at radius 1 is 1.25 bits per heavy atom. The molecule has 2 rings (SSSR count). The average molecular weight is 340 g/mol. The molecule has 130 valence electrons. The molecule has 1 amide bonds. The van der Waals surface area contributed by atoms with Crippen LogP contribution in [-0.2, 0) is 12.7 Å². The van der Waals surface area contributed by atoms with Crippen molar-refractivity contribution >= 4 is 16.8 Å². The molecule has 2 aromatic rings. The Hall–Kier alpha value is -2.31. The number of halogens is 3. The highest BCUT2D eigenvalue weighted by molar-refractivity contribution is 5.96. The largest absolute Gasteiger partial charge is 0.416 e. The molecule has 0 spiro atoms. The highest BCUT2D eigenvalue weighted by Crippen LogP contribution is 2.31. The molecule has 0 saturated carbocycles. The summed E-state index contributed by atoms with van der Waals surface area (Å²) in [6.45, 7) is 4.26. The van der Waals surface area contributed by atoms with Gasteiger partial charge in [-0.2, -0.15) is 13.2 Å². The number of rotatable bonds is 5. The predicted molar refractivity (Wildman–Crippen MR) is 85.8 cm³/mol. The predicted octanol–water partition coefficient (Wildman–Crippen LogP) is 3.56. The summed E-state index contributed by atoms with van der Waals surface area (Å²) in [4.78, 5) is 23.9. The second-order valence-corrected chi connectivity index (χ2v) is 6.19. The summed E-state index contributed by atoms with van der Waals surface area (Å²) >= 11 is 0. The van der Waals surface area contributed by atoms with Gasteiger partial charge in [0.25, 0.3) is 11.5 Å². The molecule has 0 aliphatic rings. The van der Waals surface area contributed by atoms with Gasteiger partial charge in [-0.15, -0.1) is 0 Å². The molecule has 1 heterocycles. The minimum atomic E-state index is -4.50. The Labute approximate surface area is 137 Å². The molecule has 0 aliphatic heterocycles. The monoisotopic (exact) mass is 340 g/mol. The Balaban J connectivity index is 2.64. The van der Waals surface area contributed by atoms with Gasteiger partial charge >= 0.3 is 6.18 Å². The van der Waals surface area contributed by atoms with Crippen molar-refractivity contribution in [3.8, 4) is 0 Å². The first kappa shape index (κ1) is 18.0. The smallest absolute Gasteiger partial charge is 0.365 e. The number of fused-ring (bicyclic) bond motifs is 1. The van der Waals surface area contributed by atoms with Gasteiger partial charge in [0.1, 0.15) is 5.56 Å². The second-order valence-electron chi connectivity index (χ2n) is 6.19. The number of aromatic nitrogens is 1. The number of hydrogen-bond donors (Lipinski definition) is 1. The van der Waals surface area contributed by atoms with Crippen molar-refractivity contribution in [1.29, 1.82) is 0 Å². The van der Waals surface area contributed by atoms with Crippen LogP contribution in [0, 0.1) is 5.92 Å². The topological polar surface area (TPSA) is 65.1 Å². The quantitative estimate of drug-likeness (QED) is 0.904. The number of benzene rings is 1. The van der Waals surface area contributed by atoms with Gasteiger partial charge in [-0.3, -0.25) is 9.59 Å². The van der Waals surface area contributed by atoms with E-state index < -0.39 is 23.2 Å². The third-order valence-corrected chi connectivity index (χ3v) is 3.85. The number of amides is 1. The lowest BCUT2D eigenvalue weighted by Gasteiger charge is -2.15. The molecule has 1 aromatic heterocycles. The third kappa shape index (κ3) is 3.77. The Morgan fingerprint density at radius 3 is 2.46 bits per heavy atom. The summed E-state index contributed by atoms with van der Waals surface area (Å²) in [6.07, 6.45) is -3.08. The zero-order valence-electron chi connectivity index (χ0n) is 13.5. The van der Waals surface area contributed by atoms with Crippen molar-refractivity contribution in [1.82, 2.24) is 4.57 Å². The van der Waals surface area contributed by atoms with Crippen molar-refractivity contribution in [3.63, 3.8) is 0 Å². The number of aryl methyl sites for hydroxylation is 1. The van der Waals surface area contributed by atoms with Crippen LogP contribution in [0.3, 0.4) is 0 Å². The van der Waals surface area contributed by atoms with Gasteiger partial charge in [0.2, 0.25) is 0 Å². The molecule has 4 nitrogen and oxygen atoms in total. The van der Waals surface area contributed by atoms with E-state index in [-0.39, 0.29) is 17.6 Å². The van der Waals surface area contributed by atoms with E-state index in [0.29, 0.717) is 17.7 Å². The summed E-state index contributed by atoms with van der Waals surface area (Å²) < 4.78 is 40.1. The Kier molecular flexibility index (Phi) is 5.01. The lowest BCUT2D eigenvalue weighted by molar-refractivity contribution is -0.137. The van der Waals surface area contributed by atoms with Gasteiger partial charge in [-0.25, -0.2) is 0 Å². The van der Waals surface area contributed by atoms with Crippen LogP contribution < -0.4 is 11.3 Å². The number of carbonyl (C=O) groups is 1. The van der Waals surface area contributed by atoms with Crippen LogP contribution in [0.4, 0.5) is 13.2 Å². The number of pyridine rings is 1. The SMILES string of the molecule is CC(C)CCCn1c(=O)c(C(N)=O)cc2ccc(C(F)(F)F)cc21. The van der Waals surface area contributed by atoms with E-state index in [0.717, 1.165) is 18.6 Å². The molecule has 7 heteroatoms. The van der Waals surface area contributed by atoms with E-state index in [9.17, 15) is 22.8 Å². The molecule has 0 aliphatic carbocycles. The van der Waals surface area contributed by atoms with Gasteiger partial charge < -0.3 is 10.3 Å². The maximum atomic E-state index is 13.0. The zero-order valence-corrected chi connectivity index (χ0v) is 13.5. The third-order valence-electron chi connectivity index (χ3n) is 3.85. The average Bonchev–Trinajstić information content (AvgIpc) is 2.47. The van der Waals surface area contributed by atoms with Crippen LogP contribution >= 0.6 is 0 Å². The number of nitrogens with zero attached hydrogens (tertiary/aromatic N) is 1. The van der Waals surface area contributed by atoms with Crippen LogP contribution in [0.25, 0.3) is 10.9 Å². The maximum Gasteiger partial charge on any atom is 0.416 e. The van der Waals surface area contributed by atoms with Crippen LogP contribution in [0.1, 0.15) is 42.6 Å². The standard InChI is InChI=1S/C17H19F3N2O2/c1-10(2)4-3-7-22-14-9-12(17(18,19)20)6-5-11(14)8-13(15(21)23)16(22)24/h5-6,8-10H,3-4,7H2,1-2H3,(H2,21,23). The van der Waals surface area contributed by atoms with Crippen LogP contribution in [-0.4, -0.2) is 10.5 Å². The molecule has 0 fully saturated rings. The second kappa shape index (κ2) is 6.67. The molecule has 0 atom stereocenters. The molecular weight excluding hydrogens is 321 g/mol. The van der Waals surface area contributed by atoms with Gasteiger partial charge in [-0.05, 0) is 42.3 Å². The van der Waals surface area contributed by atoms with Crippen molar-refractivity contribution in [2.24, 2.45) is 11.7 Å². The van der Waals surface area contributed by atoms with E-state index in [4.69, 9.17) is 5.73 Å². The van der Waals surface area contributed by atoms with Crippen LogP contribution in [0.5, 0.6) is 0 Å². The summed E-state index contributed by atoms with van der Waals surface area (Å²) in [6, 6.07) is 4.37.